The highest BCUT2D eigenvalue weighted by Crippen LogP contribution is 2.26. The molecule has 0 saturated carbocycles. The van der Waals surface area contributed by atoms with Crippen molar-refractivity contribution >= 4 is 0 Å². The third kappa shape index (κ3) is 3.49. The van der Waals surface area contributed by atoms with Gasteiger partial charge in [0.15, 0.2) is 0 Å². The van der Waals surface area contributed by atoms with Gasteiger partial charge >= 0.3 is 0 Å². The second-order valence-corrected chi connectivity index (χ2v) is 6.10. The van der Waals surface area contributed by atoms with E-state index in [1.807, 2.05) is 18.2 Å². The fourth-order valence-electron chi connectivity index (χ4n) is 2.62. The normalized spacial score (nSPS) is 12.7. The Kier molecular flexibility index (Phi) is 4.61. The smallest absolute Gasteiger partial charge is 0.104 e. The predicted octanol–water partition coefficient (Wildman–Crippen LogP) is 4.58. The highest BCUT2D eigenvalue weighted by molar-refractivity contribution is 5.38. The molecule has 2 aromatic carbocycles. The van der Waals surface area contributed by atoms with Crippen molar-refractivity contribution in [1.29, 1.82) is 0 Å². The van der Waals surface area contributed by atoms with Crippen molar-refractivity contribution < 1.29 is 5.11 Å². The van der Waals surface area contributed by atoms with E-state index in [1.54, 1.807) is 0 Å². The summed E-state index contributed by atoms with van der Waals surface area (Å²) in [4.78, 5) is 0. The van der Waals surface area contributed by atoms with Crippen LogP contribution in [0.1, 0.15) is 47.8 Å². The van der Waals surface area contributed by atoms with Crippen LogP contribution in [0.25, 0.3) is 0 Å². The molecule has 0 aliphatic rings. The lowest BCUT2D eigenvalue weighted by Gasteiger charge is -2.15. The summed E-state index contributed by atoms with van der Waals surface area (Å²) < 4.78 is 0. The third-order valence-corrected chi connectivity index (χ3v) is 3.66. The molecule has 1 heteroatoms. The monoisotopic (exact) mass is 268 g/mol. The Morgan fingerprint density at radius 2 is 1.60 bits per heavy atom. The van der Waals surface area contributed by atoms with Crippen molar-refractivity contribution in [2.45, 2.75) is 40.2 Å². The van der Waals surface area contributed by atoms with Crippen LogP contribution in [0.15, 0.2) is 42.5 Å². The van der Waals surface area contributed by atoms with Crippen LogP contribution in [0.4, 0.5) is 0 Å². The van der Waals surface area contributed by atoms with E-state index in [0.29, 0.717) is 5.92 Å². The predicted molar refractivity (Wildman–Crippen MR) is 85.0 cm³/mol. The van der Waals surface area contributed by atoms with Crippen LogP contribution in [-0.2, 0) is 6.42 Å². The maximum atomic E-state index is 10.5. The first-order chi connectivity index (χ1) is 9.47. The Morgan fingerprint density at radius 1 is 0.950 bits per heavy atom. The van der Waals surface area contributed by atoms with Crippen LogP contribution >= 0.6 is 0 Å². The number of benzene rings is 2. The highest BCUT2D eigenvalue weighted by atomic mass is 16.3. The van der Waals surface area contributed by atoms with Crippen molar-refractivity contribution in [3.8, 4) is 0 Å². The molecule has 0 aliphatic carbocycles. The van der Waals surface area contributed by atoms with Gasteiger partial charge in [0, 0.05) is 0 Å². The molecule has 2 rings (SSSR count). The standard InChI is InChI=1S/C19H24O/c1-13(2)11-16-6-8-17(9-7-16)19(20)18-10-5-14(3)12-15(18)4/h5-10,12-13,19-20H,11H2,1-4H3. The van der Waals surface area contributed by atoms with E-state index in [4.69, 9.17) is 0 Å². The molecule has 0 heterocycles. The lowest BCUT2D eigenvalue weighted by Crippen LogP contribution is -2.03. The largest absolute Gasteiger partial charge is 0.384 e. The van der Waals surface area contributed by atoms with Gasteiger partial charge in [0.25, 0.3) is 0 Å². The van der Waals surface area contributed by atoms with Gasteiger partial charge in [-0.3, -0.25) is 0 Å². The van der Waals surface area contributed by atoms with E-state index >= 15 is 0 Å². The lowest BCUT2D eigenvalue weighted by atomic mass is 9.94. The fourth-order valence-corrected chi connectivity index (χ4v) is 2.62. The first-order valence-corrected chi connectivity index (χ1v) is 7.31. The summed E-state index contributed by atoms with van der Waals surface area (Å²) >= 11 is 0. The van der Waals surface area contributed by atoms with Crippen LogP contribution in [0.2, 0.25) is 0 Å². The van der Waals surface area contributed by atoms with Crippen molar-refractivity contribution in [2.24, 2.45) is 5.92 Å². The van der Waals surface area contributed by atoms with Gasteiger partial charge < -0.3 is 5.11 Å². The quantitative estimate of drug-likeness (QED) is 0.860. The molecule has 0 aliphatic heterocycles. The number of rotatable bonds is 4. The second kappa shape index (κ2) is 6.23. The Labute approximate surface area is 122 Å². The maximum absolute atomic E-state index is 10.5. The molecule has 0 bridgehead atoms. The van der Waals surface area contributed by atoms with E-state index in [9.17, 15) is 5.11 Å². The lowest BCUT2D eigenvalue weighted by molar-refractivity contribution is 0.219. The second-order valence-electron chi connectivity index (χ2n) is 6.10. The average molecular weight is 268 g/mol. The van der Waals surface area contributed by atoms with Gasteiger partial charge in [0.05, 0.1) is 0 Å². The fraction of sp³-hybridized carbons (Fsp3) is 0.368. The van der Waals surface area contributed by atoms with E-state index in [0.717, 1.165) is 23.1 Å². The molecule has 106 valence electrons. The van der Waals surface area contributed by atoms with Crippen LogP contribution in [0.3, 0.4) is 0 Å². The number of aryl methyl sites for hydroxylation is 2. The van der Waals surface area contributed by atoms with Gasteiger partial charge in [-0.05, 0) is 48.4 Å². The van der Waals surface area contributed by atoms with Crippen LogP contribution in [0.5, 0.6) is 0 Å². The van der Waals surface area contributed by atoms with Crippen LogP contribution in [0, 0.1) is 19.8 Å². The van der Waals surface area contributed by atoms with Gasteiger partial charge in [0.2, 0.25) is 0 Å². The summed E-state index contributed by atoms with van der Waals surface area (Å²) in [6.45, 7) is 8.57. The summed E-state index contributed by atoms with van der Waals surface area (Å²) in [6, 6.07) is 14.5. The summed E-state index contributed by atoms with van der Waals surface area (Å²) in [5, 5.41) is 10.5. The number of hydrogen-bond acceptors (Lipinski definition) is 1. The van der Waals surface area contributed by atoms with E-state index in [2.05, 4.69) is 52.0 Å². The highest BCUT2D eigenvalue weighted by Gasteiger charge is 2.12. The Morgan fingerprint density at radius 3 is 2.15 bits per heavy atom. The molecule has 1 atom stereocenters. The molecule has 0 fully saturated rings. The van der Waals surface area contributed by atoms with Crippen molar-refractivity contribution in [2.75, 3.05) is 0 Å². The zero-order chi connectivity index (χ0) is 14.7. The van der Waals surface area contributed by atoms with Crippen LogP contribution in [-0.4, -0.2) is 5.11 Å². The van der Waals surface area contributed by atoms with E-state index in [-0.39, 0.29) is 0 Å². The molecule has 0 aromatic heterocycles. The molecule has 0 amide bonds. The SMILES string of the molecule is Cc1ccc(C(O)c2ccc(CC(C)C)cc2)c(C)c1. The number of aliphatic hydroxyl groups is 1. The minimum absolute atomic E-state index is 0.538. The first kappa shape index (κ1) is 14.8. The number of hydrogen-bond donors (Lipinski definition) is 1. The van der Waals surface area contributed by atoms with Gasteiger partial charge in [-0.2, -0.15) is 0 Å². The summed E-state index contributed by atoms with van der Waals surface area (Å²) in [6.07, 6.45) is 0.545. The van der Waals surface area contributed by atoms with E-state index < -0.39 is 6.10 Å². The molecule has 20 heavy (non-hydrogen) atoms. The van der Waals surface area contributed by atoms with Crippen LogP contribution < -0.4 is 0 Å². The maximum Gasteiger partial charge on any atom is 0.104 e. The van der Waals surface area contributed by atoms with Crippen molar-refractivity contribution in [3.63, 3.8) is 0 Å². The zero-order valence-electron chi connectivity index (χ0n) is 12.9. The summed E-state index contributed by atoms with van der Waals surface area (Å²) in [5.74, 6) is 0.658. The Balaban J connectivity index is 2.22. The molecule has 1 nitrogen and oxygen atoms in total. The molecular formula is C19H24O. The van der Waals surface area contributed by atoms with Gasteiger partial charge in [-0.25, -0.2) is 0 Å². The summed E-state index contributed by atoms with van der Waals surface area (Å²) in [7, 11) is 0. The Hall–Kier alpha value is -1.60. The average Bonchev–Trinajstić information content (AvgIpc) is 2.38. The first-order valence-electron chi connectivity index (χ1n) is 7.31. The third-order valence-electron chi connectivity index (χ3n) is 3.66. The molecule has 1 N–H and O–H groups in total. The van der Waals surface area contributed by atoms with Gasteiger partial charge in [-0.1, -0.05) is 61.9 Å². The molecule has 1 unspecified atom stereocenters. The van der Waals surface area contributed by atoms with E-state index in [1.165, 1.54) is 11.1 Å². The van der Waals surface area contributed by atoms with Crippen molar-refractivity contribution in [1.82, 2.24) is 0 Å². The zero-order valence-corrected chi connectivity index (χ0v) is 12.9. The summed E-state index contributed by atoms with van der Waals surface area (Å²) in [5.41, 5.74) is 5.66. The molecule has 0 spiro atoms. The Bertz CT molecular complexity index is 567. The van der Waals surface area contributed by atoms with Crippen molar-refractivity contribution in [3.05, 3.63) is 70.3 Å². The minimum Gasteiger partial charge on any atom is -0.384 e. The van der Waals surface area contributed by atoms with Gasteiger partial charge in [0.1, 0.15) is 6.10 Å². The number of aliphatic hydroxyl groups excluding tert-OH is 1. The topological polar surface area (TPSA) is 20.2 Å². The molecular weight excluding hydrogens is 244 g/mol. The minimum atomic E-state index is -0.538. The molecule has 2 aromatic rings. The molecule has 0 radical (unpaired) electrons. The molecule has 0 saturated heterocycles. The van der Waals surface area contributed by atoms with Gasteiger partial charge in [-0.15, -0.1) is 0 Å².